The van der Waals surface area contributed by atoms with Crippen LogP contribution in [0.4, 0.5) is 5.82 Å². The fraction of sp³-hybridized carbons (Fsp3) is 0.381. The van der Waals surface area contributed by atoms with Crippen LogP contribution in [-0.2, 0) is 19.6 Å². The lowest BCUT2D eigenvalue weighted by atomic mass is 9.96. The van der Waals surface area contributed by atoms with E-state index in [9.17, 15) is 18.0 Å². The summed E-state index contributed by atoms with van der Waals surface area (Å²) in [5.41, 5.74) is 1.01. The molecule has 3 rings (SSSR count). The Morgan fingerprint density at radius 1 is 1.13 bits per heavy atom. The second-order valence-electron chi connectivity index (χ2n) is 7.07. The summed E-state index contributed by atoms with van der Waals surface area (Å²) in [6.07, 6.45) is 1.02. The molecule has 0 atom stereocenters. The molecule has 0 aliphatic carbocycles. The molecule has 0 bridgehead atoms. The van der Waals surface area contributed by atoms with Gasteiger partial charge in [-0.25, -0.2) is 22.9 Å². The van der Waals surface area contributed by atoms with Gasteiger partial charge in [-0.2, -0.15) is 0 Å². The van der Waals surface area contributed by atoms with Crippen LogP contribution in [0.15, 0.2) is 47.4 Å². The number of rotatable bonds is 6. The first-order valence-corrected chi connectivity index (χ1v) is 11.3. The predicted octanol–water partition coefficient (Wildman–Crippen LogP) is 2.29. The van der Waals surface area contributed by atoms with Gasteiger partial charge >= 0.3 is 5.97 Å². The van der Waals surface area contributed by atoms with Crippen LogP contribution in [0.2, 0.25) is 0 Å². The fourth-order valence-corrected chi connectivity index (χ4v) is 4.46. The first-order valence-electron chi connectivity index (χ1n) is 9.83. The van der Waals surface area contributed by atoms with E-state index in [2.05, 4.69) is 9.71 Å². The van der Waals surface area contributed by atoms with Gasteiger partial charge in [0.15, 0.2) is 0 Å². The molecular formula is C21H25N3O5S. The second-order valence-corrected chi connectivity index (χ2v) is 8.75. The zero-order chi connectivity index (χ0) is 21.7. The number of hydrogen-bond acceptors (Lipinski definition) is 7. The van der Waals surface area contributed by atoms with Crippen molar-refractivity contribution in [1.29, 1.82) is 0 Å². The van der Waals surface area contributed by atoms with Crippen LogP contribution in [0.25, 0.3) is 0 Å². The normalized spacial score (nSPS) is 14.9. The molecule has 1 N–H and O–H groups in total. The quantitative estimate of drug-likeness (QED) is 0.700. The lowest BCUT2D eigenvalue weighted by Crippen LogP contribution is -2.42. The summed E-state index contributed by atoms with van der Waals surface area (Å²) < 4.78 is 31.9. The second kappa shape index (κ2) is 9.25. The number of carbonyl (C=O) groups excluding carboxylic acids is 2. The Hall–Kier alpha value is -2.94. The molecule has 1 aromatic carbocycles. The number of pyridine rings is 1. The minimum absolute atomic E-state index is 0.0668. The molecule has 30 heavy (non-hydrogen) atoms. The molecule has 1 saturated heterocycles. The average Bonchev–Trinajstić information content (AvgIpc) is 2.74. The van der Waals surface area contributed by atoms with Crippen molar-refractivity contribution in [2.24, 2.45) is 5.92 Å². The van der Waals surface area contributed by atoms with Crippen LogP contribution >= 0.6 is 0 Å². The van der Waals surface area contributed by atoms with Crippen molar-refractivity contribution >= 4 is 27.7 Å². The van der Waals surface area contributed by atoms with Crippen LogP contribution in [0.3, 0.4) is 0 Å². The van der Waals surface area contributed by atoms with E-state index in [4.69, 9.17) is 4.74 Å². The van der Waals surface area contributed by atoms with Crippen LogP contribution in [0, 0.1) is 12.8 Å². The number of hydrogen-bond donors (Lipinski definition) is 1. The Labute approximate surface area is 176 Å². The van der Waals surface area contributed by atoms with Gasteiger partial charge in [-0.1, -0.05) is 18.2 Å². The van der Waals surface area contributed by atoms with Gasteiger partial charge in [-0.3, -0.25) is 4.79 Å². The smallest absolute Gasteiger partial charge is 0.339 e. The maximum absolute atomic E-state index is 12.5. The van der Waals surface area contributed by atoms with E-state index < -0.39 is 21.9 Å². The predicted molar refractivity (Wildman–Crippen MR) is 112 cm³/mol. The zero-order valence-electron chi connectivity index (χ0n) is 17.0. The number of sulfonamides is 1. The number of aromatic nitrogens is 1. The maximum Gasteiger partial charge on any atom is 0.339 e. The number of piperidine rings is 1. The van der Waals surface area contributed by atoms with Crippen molar-refractivity contribution in [3.05, 3.63) is 53.7 Å². The molecule has 1 amide bonds. The van der Waals surface area contributed by atoms with Gasteiger partial charge in [-0.15, -0.1) is 0 Å². The molecule has 1 aliphatic heterocycles. The molecule has 2 heterocycles. The van der Waals surface area contributed by atoms with Gasteiger partial charge in [0, 0.05) is 19.0 Å². The molecule has 1 aromatic heterocycles. The first-order chi connectivity index (χ1) is 14.3. The Morgan fingerprint density at radius 3 is 2.40 bits per heavy atom. The van der Waals surface area contributed by atoms with Gasteiger partial charge < -0.3 is 9.64 Å². The van der Waals surface area contributed by atoms with Gasteiger partial charge in [-0.05, 0) is 51.0 Å². The number of benzene rings is 1. The van der Waals surface area contributed by atoms with E-state index in [1.165, 1.54) is 12.1 Å². The standard InChI is InChI=1S/C21H25N3O5S/c1-3-29-21(26)18-9-10-19(22-15(18)2)24-13-11-16(12-14-24)20(25)23-30(27,28)17-7-5-4-6-8-17/h4-10,16H,3,11-14H2,1-2H3,(H,23,25). The molecule has 0 saturated carbocycles. The van der Waals surface area contributed by atoms with Crippen LogP contribution in [-0.4, -0.2) is 45.0 Å². The topological polar surface area (TPSA) is 106 Å². The average molecular weight is 432 g/mol. The number of aryl methyl sites for hydroxylation is 1. The molecule has 1 fully saturated rings. The van der Waals surface area contributed by atoms with Gasteiger partial charge in [0.1, 0.15) is 5.82 Å². The van der Waals surface area contributed by atoms with Crippen molar-refractivity contribution in [1.82, 2.24) is 9.71 Å². The van der Waals surface area contributed by atoms with Gasteiger partial charge in [0.2, 0.25) is 5.91 Å². The minimum Gasteiger partial charge on any atom is -0.462 e. The molecule has 160 valence electrons. The summed E-state index contributed by atoms with van der Waals surface area (Å²) in [4.78, 5) is 31.0. The van der Waals surface area contributed by atoms with E-state index in [-0.39, 0.29) is 10.8 Å². The highest BCUT2D eigenvalue weighted by atomic mass is 32.2. The Kier molecular flexibility index (Phi) is 6.71. The van der Waals surface area contributed by atoms with Crippen molar-refractivity contribution in [2.45, 2.75) is 31.6 Å². The van der Waals surface area contributed by atoms with E-state index >= 15 is 0 Å². The number of esters is 1. The third-order valence-corrected chi connectivity index (χ3v) is 6.41. The van der Waals surface area contributed by atoms with E-state index in [1.54, 1.807) is 44.2 Å². The summed E-state index contributed by atoms with van der Waals surface area (Å²) in [6.45, 7) is 4.93. The number of amides is 1. The van der Waals surface area contributed by atoms with Gasteiger partial charge in [0.05, 0.1) is 22.8 Å². The first kappa shape index (κ1) is 21.8. The van der Waals surface area contributed by atoms with Crippen molar-refractivity contribution < 1.29 is 22.7 Å². The van der Waals surface area contributed by atoms with E-state index in [0.717, 1.165) is 5.82 Å². The third-order valence-electron chi connectivity index (χ3n) is 5.04. The molecule has 2 aromatic rings. The van der Waals surface area contributed by atoms with Crippen molar-refractivity contribution in [3.8, 4) is 0 Å². The highest BCUT2D eigenvalue weighted by molar-refractivity contribution is 7.90. The molecule has 0 unspecified atom stereocenters. The molecular weight excluding hydrogens is 406 g/mol. The summed E-state index contributed by atoms with van der Waals surface area (Å²) in [7, 11) is -3.87. The molecule has 8 nitrogen and oxygen atoms in total. The number of nitrogens with zero attached hydrogens (tertiary/aromatic N) is 2. The monoisotopic (exact) mass is 431 g/mol. The number of anilines is 1. The maximum atomic E-state index is 12.5. The van der Waals surface area contributed by atoms with Crippen molar-refractivity contribution in [2.75, 3.05) is 24.6 Å². The largest absolute Gasteiger partial charge is 0.462 e. The summed E-state index contributed by atoms with van der Waals surface area (Å²) in [5.74, 6) is -0.555. The minimum atomic E-state index is -3.87. The SMILES string of the molecule is CCOC(=O)c1ccc(N2CCC(C(=O)NS(=O)(=O)c3ccccc3)CC2)nc1C. The molecule has 9 heteroatoms. The Bertz CT molecular complexity index is 1020. The van der Waals surface area contributed by atoms with Crippen LogP contribution in [0.1, 0.15) is 35.8 Å². The van der Waals surface area contributed by atoms with Crippen LogP contribution in [0.5, 0.6) is 0 Å². The summed E-state index contributed by atoms with van der Waals surface area (Å²) in [6, 6.07) is 11.3. The summed E-state index contributed by atoms with van der Waals surface area (Å²) >= 11 is 0. The van der Waals surface area contributed by atoms with Crippen molar-refractivity contribution in [3.63, 3.8) is 0 Å². The van der Waals surface area contributed by atoms with Crippen LogP contribution < -0.4 is 9.62 Å². The highest BCUT2D eigenvalue weighted by Gasteiger charge is 2.29. The molecule has 0 radical (unpaired) electrons. The number of ether oxygens (including phenoxy) is 1. The highest BCUT2D eigenvalue weighted by Crippen LogP contribution is 2.24. The van der Waals surface area contributed by atoms with E-state index in [1.807, 2.05) is 4.90 Å². The fourth-order valence-electron chi connectivity index (χ4n) is 3.39. The third kappa shape index (κ3) is 4.96. The number of carbonyl (C=O) groups is 2. The summed E-state index contributed by atoms with van der Waals surface area (Å²) in [5, 5.41) is 0. The molecule has 1 aliphatic rings. The Balaban J connectivity index is 1.60. The lowest BCUT2D eigenvalue weighted by Gasteiger charge is -2.32. The Morgan fingerprint density at radius 2 is 1.80 bits per heavy atom. The lowest BCUT2D eigenvalue weighted by molar-refractivity contribution is -0.123. The molecule has 0 spiro atoms. The number of nitrogens with one attached hydrogen (secondary N) is 1. The van der Waals surface area contributed by atoms with E-state index in [0.29, 0.717) is 43.8 Å². The van der Waals surface area contributed by atoms with Gasteiger partial charge in [0.25, 0.3) is 10.0 Å². The zero-order valence-corrected chi connectivity index (χ0v) is 17.8.